The fourth-order valence-electron chi connectivity index (χ4n) is 3.33. The molecule has 4 heteroatoms. The molecule has 1 aromatic carbocycles. The first-order chi connectivity index (χ1) is 11.9. The Morgan fingerprint density at radius 1 is 0.800 bits per heavy atom. The van der Waals surface area contributed by atoms with Gasteiger partial charge < -0.3 is 5.11 Å². The molecule has 1 aliphatic rings. The summed E-state index contributed by atoms with van der Waals surface area (Å²) in [6, 6.07) is 7.06. The van der Waals surface area contributed by atoms with Crippen molar-refractivity contribution in [1.82, 2.24) is 4.90 Å². The fourth-order valence-corrected chi connectivity index (χ4v) is 3.33. The lowest BCUT2D eigenvalue weighted by Gasteiger charge is -2.16. The number of aliphatic hydroxyl groups is 1. The zero-order valence-corrected chi connectivity index (χ0v) is 15.6. The molecule has 0 atom stereocenters. The number of nitrogens with zero attached hydrogens (tertiary/aromatic N) is 1. The van der Waals surface area contributed by atoms with Crippen LogP contribution in [0.25, 0.3) is 0 Å². The number of carbonyl (C=O) groups is 2. The quantitative estimate of drug-likeness (QED) is 0.472. The zero-order valence-electron chi connectivity index (χ0n) is 15.6. The van der Waals surface area contributed by atoms with Crippen LogP contribution in [0.1, 0.15) is 92.4 Å². The third-order valence-electron chi connectivity index (χ3n) is 4.80. The Balaban J connectivity index is 1.53. The second kappa shape index (κ2) is 9.14. The summed E-state index contributed by atoms with van der Waals surface area (Å²) in [5.41, 5.74) is 0.543. The van der Waals surface area contributed by atoms with Crippen LogP contribution < -0.4 is 0 Å². The van der Waals surface area contributed by atoms with E-state index in [0.717, 1.165) is 32.1 Å². The van der Waals surface area contributed by atoms with E-state index in [9.17, 15) is 14.7 Å². The molecule has 2 amide bonds. The van der Waals surface area contributed by atoms with Gasteiger partial charge in [-0.2, -0.15) is 0 Å². The first-order valence-electron chi connectivity index (χ1n) is 9.58. The molecule has 1 aliphatic heterocycles. The van der Waals surface area contributed by atoms with E-state index in [2.05, 4.69) is 0 Å². The van der Waals surface area contributed by atoms with Gasteiger partial charge in [-0.1, -0.05) is 57.1 Å². The first kappa shape index (κ1) is 19.6. The lowest BCUT2D eigenvalue weighted by atomic mass is 9.99. The van der Waals surface area contributed by atoms with Gasteiger partial charge in [-0.25, -0.2) is 0 Å². The van der Waals surface area contributed by atoms with Crippen molar-refractivity contribution in [2.24, 2.45) is 0 Å². The third kappa shape index (κ3) is 5.96. The molecule has 138 valence electrons. The second-order valence-electron chi connectivity index (χ2n) is 7.70. The molecule has 0 radical (unpaired) electrons. The van der Waals surface area contributed by atoms with Crippen molar-refractivity contribution in [1.29, 1.82) is 0 Å². The average molecular weight is 345 g/mol. The Morgan fingerprint density at radius 2 is 1.24 bits per heavy atom. The summed E-state index contributed by atoms with van der Waals surface area (Å²) in [6.07, 6.45) is 9.85. The maximum Gasteiger partial charge on any atom is 0.261 e. The molecule has 2 rings (SSSR count). The molecule has 0 saturated heterocycles. The van der Waals surface area contributed by atoms with Gasteiger partial charge in [0, 0.05) is 6.54 Å². The molecule has 0 aromatic heterocycles. The summed E-state index contributed by atoms with van der Waals surface area (Å²) in [6.45, 7) is 4.25. The predicted octanol–water partition coefficient (Wildman–Crippen LogP) is 4.56. The maximum absolute atomic E-state index is 12.2. The van der Waals surface area contributed by atoms with E-state index in [4.69, 9.17) is 0 Å². The number of amides is 2. The normalized spacial score (nSPS) is 14.3. The first-order valence-corrected chi connectivity index (χ1v) is 9.58. The lowest BCUT2D eigenvalue weighted by Crippen LogP contribution is -2.30. The number of unbranched alkanes of at least 4 members (excludes halogenated alkanes) is 7. The molecule has 0 unspecified atom stereocenters. The monoisotopic (exact) mass is 345 g/mol. The van der Waals surface area contributed by atoms with E-state index in [1.807, 2.05) is 13.8 Å². The summed E-state index contributed by atoms with van der Waals surface area (Å²) in [4.78, 5) is 25.9. The molecule has 0 aliphatic carbocycles. The number of benzene rings is 1. The van der Waals surface area contributed by atoms with Crippen molar-refractivity contribution >= 4 is 11.8 Å². The van der Waals surface area contributed by atoms with Gasteiger partial charge in [0.2, 0.25) is 0 Å². The molecule has 0 bridgehead atoms. The van der Waals surface area contributed by atoms with Crippen molar-refractivity contribution in [3.8, 4) is 0 Å². The van der Waals surface area contributed by atoms with Crippen molar-refractivity contribution in [3.63, 3.8) is 0 Å². The van der Waals surface area contributed by atoms with Crippen LogP contribution in [0.3, 0.4) is 0 Å². The van der Waals surface area contributed by atoms with Gasteiger partial charge in [-0.05, 0) is 38.8 Å². The van der Waals surface area contributed by atoms with E-state index >= 15 is 0 Å². The molecule has 1 aromatic rings. The highest BCUT2D eigenvalue weighted by molar-refractivity contribution is 6.21. The van der Waals surface area contributed by atoms with Crippen molar-refractivity contribution in [2.75, 3.05) is 6.54 Å². The minimum Gasteiger partial charge on any atom is -0.390 e. The molecule has 1 heterocycles. The SMILES string of the molecule is CC(C)(O)CCCCCCCCCCN1C(=O)c2ccccc2C1=O. The molecule has 25 heavy (non-hydrogen) atoms. The molecule has 0 fully saturated rings. The van der Waals surface area contributed by atoms with E-state index in [1.54, 1.807) is 24.3 Å². The number of hydrogen-bond acceptors (Lipinski definition) is 3. The summed E-state index contributed by atoms with van der Waals surface area (Å²) in [5.74, 6) is -0.292. The topological polar surface area (TPSA) is 57.6 Å². The predicted molar refractivity (Wildman–Crippen MR) is 99.7 cm³/mol. The standard InChI is InChI=1S/C21H31NO3/c1-21(2,25)15-11-7-5-3-4-6-8-12-16-22-19(23)17-13-9-10-14-18(17)20(22)24/h9-10,13-14,25H,3-8,11-12,15-16H2,1-2H3. The highest BCUT2D eigenvalue weighted by atomic mass is 16.3. The number of imide groups is 1. The molecular weight excluding hydrogens is 314 g/mol. The van der Waals surface area contributed by atoms with Crippen LogP contribution >= 0.6 is 0 Å². The Hall–Kier alpha value is -1.68. The van der Waals surface area contributed by atoms with E-state index < -0.39 is 5.60 Å². The summed E-state index contributed by atoms with van der Waals surface area (Å²) in [7, 11) is 0. The van der Waals surface area contributed by atoms with Crippen molar-refractivity contribution in [3.05, 3.63) is 35.4 Å². The Labute approximate surface area is 151 Å². The van der Waals surface area contributed by atoms with Gasteiger partial charge in [0.1, 0.15) is 0 Å². The van der Waals surface area contributed by atoms with Crippen LogP contribution in [0, 0.1) is 0 Å². The second-order valence-corrected chi connectivity index (χ2v) is 7.70. The number of rotatable bonds is 11. The van der Waals surface area contributed by atoms with Gasteiger partial charge in [0.15, 0.2) is 0 Å². The summed E-state index contributed by atoms with van der Waals surface area (Å²) < 4.78 is 0. The smallest absolute Gasteiger partial charge is 0.261 e. The molecule has 0 spiro atoms. The summed E-state index contributed by atoms with van der Waals surface area (Å²) in [5, 5.41) is 9.65. The number of carbonyl (C=O) groups excluding carboxylic acids is 2. The van der Waals surface area contributed by atoms with E-state index in [-0.39, 0.29) is 11.8 Å². The van der Waals surface area contributed by atoms with E-state index in [1.165, 1.54) is 30.6 Å². The van der Waals surface area contributed by atoms with Gasteiger partial charge in [-0.3, -0.25) is 14.5 Å². The zero-order chi connectivity index (χ0) is 18.3. The Kier molecular flexibility index (Phi) is 7.18. The van der Waals surface area contributed by atoms with Gasteiger partial charge >= 0.3 is 0 Å². The number of fused-ring (bicyclic) bond motifs is 1. The van der Waals surface area contributed by atoms with Crippen LogP contribution in [0.2, 0.25) is 0 Å². The van der Waals surface area contributed by atoms with Gasteiger partial charge in [0.25, 0.3) is 11.8 Å². The van der Waals surface area contributed by atoms with Crippen LogP contribution in [-0.4, -0.2) is 34.0 Å². The fraction of sp³-hybridized carbons (Fsp3) is 0.619. The highest BCUT2D eigenvalue weighted by Crippen LogP contribution is 2.23. The van der Waals surface area contributed by atoms with Gasteiger partial charge in [0.05, 0.1) is 16.7 Å². The third-order valence-corrected chi connectivity index (χ3v) is 4.80. The van der Waals surface area contributed by atoms with Crippen LogP contribution in [0.4, 0.5) is 0 Å². The van der Waals surface area contributed by atoms with Gasteiger partial charge in [-0.15, -0.1) is 0 Å². The minimum absolute atomic E-state index is 0.146. The summed E-state index contributed by atoms with van der Waals surface area (Å²) >= 11 is 0. The Morgan fingerprint density at radius 3 is 1.72 bits per heavy atom. The molecular formula is C21H31NO3. The van der Waals surface area contributed by atoms with E-state index in [0.29, 0.717) is 17.7 Å². The van der Waals surface area contributed by atoms with Crippen LogP contribution in [0.5, 0.6) is 0 Å². The average Bonchev–Trinajstić information content (AvgIpc) is 2.80. The van der Waals surface area contributed by atoms with Crippen molar-refractivity contribution < 1.29 is 14.7 Å². The van der Waals surface area contributed by atoms with Crippen LogP contribution in [-0.2, 0) is 0 Å². The maximum atomic E-state index is 12.2. The molecule has 4 nitrogen and oxygen atoms in total. The van der Waals surface area contributed by atoms with Crippen molar-refractivity contribution in [2.45, 2.75) is 77.2 Å². The Bertz CT molecular complexity index is 554. The lowest BCUT2D eigenvalue weighted by molar-refractivity contribution is 0.0649. The highest BCUT2D eigenvalue weighted by Gasteiger charge is 2.34. The minimum atomic E-state index is -0.538. The van der Waals surface area contributed by atoms with Crippen LogP contribution in [0.15, 0.2) is 24.3 Å². The molecule has 1 N–H and O–H groups in total. The largest absolute Gasteiger partial charge is 0.390 e. The number of hydrogen-bond donors (Lipinski definition) is 1. The molecule has 0 saturated carbocycles.